The van der Waals surface area contributed by atoms with Gasteiger partial charge in [0.25, 0.3) is 0 Å². The van der Waals surface area contributed by atoms with Crippen LogP contribution in [0.25, 0.3) is 0 Å². The molecule has 1 atom stereocenters. The molecule has 3 fully saturated rings. The number of rotatable bonds is 5. The quantitative estimate of drug-likeness (QED) is 0.594. The van der Waals surface area contributed by atoms with Crippen LogP contribution in [0.15, 0.2) is 29.3 Å². The first-order chi connectivity index (χ1) is 14.7. The van der Waals surface area contributed by atoms with E-state index in [1.807, 2.05) is 7.05 Å². The first-order valence-corrected chi connectivity index (χ1v) is 11.8. The van der Waals surface area contributed by atoms with E-state index >= 15 is 0 Å². The van der Waals surface area contributed by atoms with Crippen LogP contribution in [0, 0.1) is 11.8 Å². The summed E-state index contributed by atoms with van der Waals surface area (Å²) in [7, 11) is 1.90. The molecule has 1 unspecified atom stereocenters. The number of piperidine rings is 1. The third-order valence-electron chi connectivity index (χ3n) is 6.95. The smallest absolute Gasteiger partial charge is 0.193 e. The summed E-state index contributed by atoms with van der Waals surface area (Å²) in [6, 6.07) is 9.09. The van der Waals surface area contributed by atoms with Crippen LogP contribution >= 0.6 is 0 Å². The molecule has 0 aliphatic carbocycles. The molecule has 0 amide bonds. The lowest BCUT2D eigenvalue weighted by atomic mass is 9.99. The minimum atomic E-state index is 0.730. The predicted molar refractivity (Wildman–Crippen MR) is 124 cm³/mol. The van der Waals surface area contributed by atoms with Crippen molar-refractivity contribution < 1.29 is 4.74 Å². The van der Waals surface area contributed by atoms with Gasteiger partial charge >= 0.3 is 0 Å². The van der Waals surface area contributed by atoms with Crippen molar-refractivity contribution in [2.75, 3.05) is 71.0 Å². The van der Waals surface area contributed by atoms with Gasteiger partial charge in [0.05, 0.1) is 13.2 Å². The lowest BCUT2D eigenvalue weighted by molar-refractivity contribution is 0.0315. The van der Waals surface area contributed by atoms with Gasteiger partial charge in [-0.3, -0.25) is 9.89 Å². The van der Waals surface area contributed by atoms with Gasteiger partial charge in [0.1, 0.15) is 0 Å². The highest BCUT2D eigenvalue weighted by atomic mass is 16.5. The summed E-state index contributed by atoms with van der Waals surface area (Å²) in [6.45, 7) is 12.9. The summed E-state index contributed by atoms with van der Waals surface area (Å²) in [5.74, 6) is 2.64. The molecule has 3 aliphatic heterocycles. The van der Waals surface area contributed by atoms with Gasteiger partial charge in [-0.25, -0.2) is 0 Å². The summed E-state index contributed by atoms with van der Waals surface area (Å²) in [5, 5.41) is 3.59. The van der Waals surface area contributed by atoms with Gasteiger partial charge in [0.2, 0.25) is 0 Å². The number of likely N-dealkylation sites (tertiary alicyclic amines) is 1. The Morgan fingerprint density at radius 1 is 1.03 bits per heavy atom. The van der Waals surface area contributed by atoms with Crippen molar-refractivity contribution in [2.24, 2.45) is 16.8 Å². The van der Waals surface area contributed by atoms with Crippen molar-refractivity contribution in [3.63, 3.8) is 0 Å². The lowest BCUT2D eigenvalue weighted by Crippen LogP contribution is -2.42. The lowest BCUT2D eigenvalue weighted by Gasteiger charge is -2.32. The van der Waals surface area contributed by atoms with Gasteiger partial charge in [0.15, 0.2) is 5.96 Å². The largest absolute Gasteiger partial charge is 0.379 e. The Balaban J connectivity index is 1.23. The number of nitrogens with one attached hydrogen (secondary N) is 1. The van der Waals surface area contributed by atoms with E-state index in [1.54, 1.807) is 0 Å². The molecule has 1 aromatic carbocycles. The van der Waals surface area contributed by atoms with Gasteiger partial charge in [-0.15, -0.1) is 0 Å². The maximum absolute atomic E-state index is 5.48. The van der Waals surface area contributed by atoms with Gasteiger partial charge in [-0.05, 0) is 48.8 Å². The zero-order chi connectivity index (χ0) is 20.8. The highest BCUT2D eigenvalue weighted by Crippen LogP contribution is 2.23. The number of morpholine rings is 1. The second-order valence-electron chi connectivity index (χ2n) is 9.25. The average Bonchev–Trinajstić information content (AvgIpc) is 3.24. The average molecular weight is 414 g/mol. The standard InChI is InChI=1S/C24H39N5O/c1-20-7-10-28(11-8-20)23-5-3-21(4-6-23)17-26-24(25-2)29-12-9-22(19-29)18-27-13-15-30-16-14-27/h3-6,20,22H,7-19H2,1-2H3,(H,25,26). The molecule has 4 rings (SSSR count). The fourth-order valence-electron chi connectivity index (χ4n) is 4.93. The van der Waals surface area contributed by atoms with E-state index in [0.29, 0.717) is 0 Å². The molecule has 166 valence electrons. The predicted octanol–water partition coefficient (Wildman–Crippen LogP) is 2.65. The Hall–Kier alpha value is -1.79. The summed E-state index contributed by atoms with van der Waals surface area (Å²) >= 11 is 0. The van der Waals surface area contributed by atoms with E-state index in [4.69, 9.17) is 4.74 Å². The molecule has 1 N–H and O–H groups in total. The minimum absolute atomic E-state index is 0.730. The Morgan fingerprint density at radius 3 is 2.47 bits per heavy atom. The highest BCUT2D eigenvalue weighted by Gasteiger charge is 2.27. The molecule has 0 radical (unpaired) electrons. The van der Waals surface area contributed by atoms with Crippen molar-refractivity contribution >= 4 is 11.6 Å². The van der Waals surface area contributed by atoms with Gasteiger partial charge in [0, 0.05) is 65.1 Å². The number of guanidine groups is 1. The Kier molecular flexibility index (Phi) is 7.50. The molecule has 6 heteroatoms. The molecule has 3 aliphatic rings. The summed E-state index contributed by atoms with van der Waals surface area (Å²) in [4.78, 5) is 12.1. The number of anilines is 1. The third-order valence-corrected chi connectivity index (χ3v) is 6.95. The minimum Gasteiger partial charge on any atom is -0.379 e. The number of aliphatic imine (C=N–C) groups is 1. The maximum atomic E-state index is 5.48. The number of ether oxygens (including phenoxy) is 1. The number of nitrogens with zero attached hydrogens (tertiary/aromatic N) is 4. The number of hydrogen-bond acceptors (Lipinski definition) is 4. The van der Waals surface area contributed by atoms with Crippen molar-refractivity contribution in [3.05, 3.63) is 29.8 Å². The second kappa shape index (κ2) is 10.5. The summed E-state index contributed by atoms with van der Waals surface area (Å²) in [6.07, 6.45) is 3.87. The zero-order valence-corrected chi connectivity index (χ0v) is 18.9. The van der Waals surface area contributed by atoms with Crippen molar-refractivity contribution in [3.8, 4) is 0 Å². The molecule has 1 aromatic rings. The van der Waals surface area contributed by atoms with Crippen LogP contribution in [-0.4, -0.2) is 81.8 Å². The molecule has 30 heavy (non-hydrogen) atoms. The van der Waals surface area contributed by atoms with E-state index in [9.17, 15) is 0 Å². The van der Waals surface area contributed by atoms with E-state index in [2.05, 4.69) is 56.2 Å². The van der Waals surface area contributed by atoms with Crippen LogP contribution in [0.3, 0.4) is 0 Å². The number of hydrogen-bond donors (Lipinski definition) is 1. The topological polar surface area (TPSA) is 43.3 Å². The van der Waals surface area contributed by atoms with E-state index in [1.165, 1.54) is 50.1 Å². The normalized spacial score (nSPS) is 24.5. The van der Waals surface area contributed by atoms with Crippen molar-refractivity contribution in [1.29, 1.82) is 0 Å². The fourth-order valence-corrected chi connectivity index (χ4v) is 4.93. The van der Waals surface area contributed by atoms with Crippen molar-refractivity contribution in [2.45, 2.75) is 32.7 Å². The van der Waals surface area contributed by atoms with E-state index < -0.39 is 0 Å². The Bertz CT molecular complexity index is 677. The van der Waals surface area contributed by atoms with E-state index in [-0.39, 0.29) is 0 Å². The van der Waals surface area contributed by atoms with Crippen LogP contribution in [0.1, 0.15) is 31.7 Å². The molecule has 3 heterocycles. The van der Waals surface area contributed by atoms with Gasteiger partial charge in [-0.1, -0.05) is 19.1 Å². The molecule has 0 saturated carbocycles. The first-order valence-electron chi connectivity index (χ1n) is 11.8. The number of benzene rings is 1. The van der Waals surface area contributed by atoms with Crippen LogP contribution in [0.5, 0.6) is 0 Å². The van der Waals surface area contributed by atoms with E-state index in [0.717, 1.165) is 63.7 Å². The molecule has 0 spiro atoms. The first kappa shape index (κ1) is 21.4. The van der Waals surface area contributed by atoms with Crippen LogP contribution in [0.4, 0.5) is 5.69 Å². The second-order valence-corrected chi connectivity index (χ2v) is 9.25. The molecular formula is C24H39N5O. The summed E-state index contributed by atoms with van der Waals surface area (Å²) in [5.41, 5.74) is 2.68. The molecule has 6 nitrogen and oxygen atoms in total. The summed E-state index contributed by atoms with van der Waals surface area (Å²) < 4.78 is 5.48. The molecular weight excluding hydrogens is 374 g/mol. The van der Waals surface area contributed by atoms with Crippen LogP contribution in [0.2, 0.25) is 0 Å². The van der Waals surface area contributed by atoms with Gasteiger partial charge in [-0.2, -0.15) is 0 Å². The third kappa shape index (κ3) is 5.67. The molecule has 3 saturated heterocycles. The van der Waals surface area contributed by atoms with Crippen molar-refractivity contribution in [1.82, 2.24) is 15.1 Å². The SMILES string of the molecule is CN=C(NCc1ccc(N2CCC(C)CC2)cc1)N1CCC(CN2CCOCC2)C1. The van der Waals surface area contributed by atoms with Gasteiger partial charge < -0.3 is 19.9 Å². The fraction of sp³-hybridized carbons (Fsp3) is 0.708. The highest BCUT2D eigenvalue weighted by molar-refractivity contribution is 5.80. The monoisotopic (exact) mass is 413 g/mol. The Morgan fingerprint density at radius 2 is 1.77 bits per heavy atom. The molecule has 0 bridgehead atoms. The van der Waals surface area contributed by atoms with Crippen LogP contribution in [-0.2, 0) is 11.3 Å². The maximum Gasteiger partial charge on any atom is 0.193 e. The molecule has 0 aromatic heterocycles. The van der Waals surface area contributed by atoms with Crippen LogP contribution < -0.4 is 10.2 Å². The Labute approximate surface area is 182 Å². The zero-order valence-electron chi connectivity index (χ0n) is 18.9.